The van der Waals surface area contributed by atoms with E-state index in [4.69, 9.17) is 4.74 Å². The molecule has 154 valence electrons. The summed E-state index contributed by atoms with van der Waals surface area (Å²) in [5.41, 5.74) is 4.81. The minimum absolute atomic E-state index is 0.0939. The second-order valence-corrected chi connectivity index (χ2v) is 7.91. The molecule has 6 heteroatoms. The van der Waals surface area contributed by atoms with Crippen LogP contribution in [0.15, 0.2) is 42.7 Å². The van der Waals surface area contributed by atoms with E-state index in [2.05, 4.69) is 21.8 Å². The van der Waals surface area contributed by atoms with Crippen LogP contribution < -0.4 is 10.1 Å². The highest BCUT2D eigenvalue weighted by molar-refractivity contribution is 5.83. The molecule has 2 aromatic heterocycles. The lowest BCUT2D eigenvalue weighted by atomic mass is 9.92. The van der Waals surface area contributed by atoms with Gasteiger partial charge in [-0.05, 0) is 49.1 Å². The van der Waals surface area contributed by atoms with Gasteiger partial charge in [-0.3, -0.25) is 10.3 Å². The number of benzene rings is 1. The molecule has 2 heterocycles. The number of aryl methyl sites for hydroxylation is 1. The highest BCUT2D eigenvalue weighted by atomic mass is 16.5. The third-order valence-corrected chi connectivity index (χ3v) is 5.89. The van der Waals surface area contributed by atoms with Crippen molar-refractivity contribution in [2.45, 2.75) is 57.5 Å². The van der Waals surface area contributed by atoms with E-state index in [9.17, 15) is 10.2 Å². The van der Waals surface area contributed by atoms with Crippen LogP contribution >= 0.6 is 0 Å². The van der Waals surface area contributed by atoms with Gasteiger partial charge < -0.3 is 19.5 Å². The van der Waals surface area contributed by atoms with Gasteiger partial charge in [0.25, 0.3) is 0 Å². The van der Waals surface area contributed by atoms with Crippen molar-refractivity contribution < 1.29 is 14.9 Å². The van der Waals surface area contributed by atoms with Crippen LogP contribution in [0.3, 0.4) is 0 Å². The van der Waals surface area contributed by atoms with Gasteiger partial charge in [0, 0.05) is 30.5 Å². The number of ether oxygens (including phenoxy) is 1. The maximum absolute atomic E-state index is 10.9. The molecule has 0 saturated heterocycles. The Bertz CT molecular complexity index is 967. The molecular formula is C23H29N3O3. The van der Waals surface area contributed by atoms with Gasteiger partial charge in [0.1, 0.15) is 12.0 Å². The van der Waals surface area contributed by atoms with Crippen LogP contribution in [0.4, 0.5) is 0 Å². The Morgan fingerprint density at radius 2 is 1.97 bits per heavy atom. The fourth-order valence-corrected chi connectivity index (χ4v) is 4.27. The Kier molecular flexibility index (Phi) is 5.85. The molecule has 1 saturated carbocycles. The summed E-state index contributed by atoms with van der Waals surface area (Å²) in [6.45, 7) is 2.73. The molecule has 1 aliphatic carbocycles. The second-order valence-electron chi connectivity index (χ2n) is 7.91. The molecule has 3 unspecified atom stereocenters. The minimum Gasteiger partial charge on any atom is -0.497 e. The van der Waals surface area contributed by atoms with E-state index in [1.807, 2.05) is 36.5 Å². The van der Waals surface area contributed by atoms with Gasteiger partial charge in [0.05, 0.1) is 24.2 Å². The first-order valence-electron chi connectivity index (χ1n) is 10.3. The fourth-order valence-electron chi connectivity index (χ4n) is 4.27. The SMILES string of the molecule is COc1ccc(Cn2cc(C(O)NC3CCCCC3O)c3nccc(C)c32)cc1. The lowest BCUT2D eigenvalue weighted by molar-refractivity contribution is 0.0433. The van der Waals surface area contributed by atoms with Crippen LogP contribution in [0.5, 0.6) is 5.75 Å². The minimum atomic E-state index is -0.873. The van der Waals surface area contributed by atoms with Crippen LogP contribution in [-0.2, 0) is 6.54 Å². The molecule has 3 atom stereocenters. The van der Waals surface area contributed by atoms with Gasteiger partial charge in [-0.15, -0.1) is 0 Å². The molecule has 1 aromatic carbocycles. The fraction of sp³-hybridized carbons (Fsp3) is 0.435. The van der Waals surface area contributed by atoms with E-state index in [1.165, 1.54) is 0 Å². The molecule has 1 aliphatic rings. The maximum Gasteiger partial charge on any atom is 0.134 e. The van der Waals surface area contributed by atoms with E-state index >= 15 is 0 Å². The Balaban J connectivity index is 1.65. The Morgan fingerprint density at radius 3 is 2.69 bits per heavy atom. The number of hydrogen-bond donors (Lipinski definition) is 3. The van der Waals surface area contributed by atoms with E-state index in [1.54, 1.807) is 13.3 Å². The normalized spacial score (nSPS) is 20.7. The van der Waals surface area contributed by atoms with Crippen molar-refractivity contribution in [3.8, 4) is 5.75 Å². The quantitative estimate of drug-likeness (QED) is 0.558. The summed E-state index contributed by atoms with van der Waals surface area (Å²) in [7, 11) is 1.66. The number of fused-ring (bicyclic) bond motifs is 1. The zero-order chi connectivity index (χ0) is 20.4. The summed E-state index contributed by atoms with van der Waals surface area (Å²) in [5, 5.41) is 24.4. The predicted octanol–water partition coefficient (Wildman–Crippen LogP) is 3.29. The van der Waals surface area contributed by atoms with Gasteiger partial charge in [-0.25, -0.2) is 0 Å². The molecule has 3 aromatic rings. The number of aliphatic hydroxyl groups excluding tert-OH is 2. The van der Waals surface area contributed by atoms with Crippen LogP contribution in [0.2, 0.25) is 0 Å². The Labute approximate surface area is 171 Å². The zero-order valence-corrected chi connectivity index (χ0v) is 17.0. The first-order valence-corrected chi connectivity index (χ1v) is 10.3. The monoisotopic (exact) mass is 395 g/mol. The number of rotatable bonds is 6. The average molecular weight is 396 g/mol. The summed E-state index contributed by atoms with van der Waals surface area (Å²) in [6.07, 6.45) is 6.22. The van der Waals surface area contributed by atoms with Gasteiger partial charge in [-0.1, -0.05) is 25.0 Å². The van der Waals surface area contributed by atoms with Gasteiger partial charge in [-0.2, -0.15) is 0 Å². The molecule has 1 fully saturated rings. The van der Waals surface area contributed by atoms with Crippen molar-refractivity contribution in [3.05, 3.63) is 59.4 Å². The Morgan fingerprint density at radius 1 is 1.21 bits per heavy atom. The molecule has 0 bridgehead atoms. The van der Waals surface area contributed by atoms with E-state index in [0.29, 0.717) is 6.54 Å². The standard InChI is InChI=1S/C23H29N3O3/c1-15-11-12-24-21-18(23(28)25-19-5-3-4-6-20(19)27)14-26(22(15)21)13-16-7-9-17(29-2)10-8-16/h7-12,14,19-20,23,25,27-28H,3-6,13H2,1-2H3. The smallest absolute Gasteiger partial charge is 0.134 e. The van der Waals surface area contributed by atoms with Crippen molar-refractivity contribution in [3.63, 3.8) is 0 Å². The summed E-state index contributed by atoms with van der Waals surface area (Å²) in [4.78, 5) is 4.56. The molecule has 3 N–H and O–H groups in total. The lowest BCUT2D eigenvalue weighted by Gasteiger charge is -2.30. The second kappa shape index (κ2) is 8.53. The predicted molar refractivity (Wildman–Crippen MR) is 113 cm³/mol. The van der Waals surface area contributed by atoms with Crippen molar-refractivity contribution in [2.24, 2.45) is 0 Å². The zero-order valence-electron chi connectivity index (χ0n) is 17.0. The third-order valence-electron chi connectivity index (χ3n) is 5.89. The van der Waals surface area contributed by atoms with Crippen molar-refractivity contribution in [1.82, 2.24) is 14.9 Å². The van der Waals surface area contributed by atoms with Gasteiger partial charge in [0.2, 0.25) is 0 Å². The molecule has 0 spiro atoms. The van der Waals surface area contributed by atoms with Crippen LogP contribution in [0.25, 0.3) is 11.0 Å². The highest BCUT2D eigenvalue weighted by Gasteiger charge is 2.27. The van der Waals surface area contributed by atoms with E-state index in [-0.39, 0.29) is 6.04 Å². The number of methoxy groups -OCH3 is 1. The van der Waals surface area contributed by atoms with Crippen molar-refractivity contribution in [1.29, 1.82) is 0 Å². The number of nitrogens with zero attached hydrogens (tertiary/aromatic N) is 2. The molecule has 0 aliphatic heterocycles. The number of aromatic nitrogens is 2. The van der Waals surface area contributed by atoms with E-state index in [0.717, 1.165) is 59.2 Å². The van der Waals surface area contributed by atoms with Crippen molar-refractivity contribution >= 4 is 11.0 Å². The first kappa shape index (κ1) is 19.9. The molecule has 0 amide bonds. The molecule has 6 nitrogen and oxygen atoms in total. The number of pyridine rings is 1. The topological polar surface area (TPSA) is 79.5 Å². The van der Waals surface area contributed by atoms with Gasteiger partial charge in [0.15, 0.2) is 0 Å². The number of aliphatic hydroxyl groups is 2. The summed E-state index contributed by atoms with van der Waals surface area (Å²) >= 11 is 0. The van der Waals surface area contributed by atoms with Crippen LogP contribution in [0, 0.1) is 6.92 Å². The number of hydrogen-bond acceptors (Lipinski definition) is 5. The molecular weight excluding hydrogens is 366 g/mol. The largest absolute Gasteiger partial charge is 0.497 e. The van der Waals surface area contributed by atoms with Gasteiger partial charge >= 0.3 is 0 Å². The number of nitrogens with one attached hydrogen (secondary N) is 1. The molecule has 4 rings (SSSR count). The maximum atomic E-state index is 10.9. The summed E-state index contributed by atoms with van der Waals surface area (Å²) in [5.74, 6) is 0.829. The average Bonchev–Trinajstić information content (AvgIpc) is 3.10. The first-order chi connectivity index (χ1) is 14.1. The van der Waals surface area contributed by atoms with E-state index < -0.39 is 12.3 Å². The third kappa shape index (κ3) is 4.15. The van der Waals surface area contributed by atoms with Crippen LogP contribution in [-0.4, -0.2) is 39.0 Å². The van der Waals surface area contributed by atoms with Crippen molar-refractivity contribution in [2.75, 3.05) is 7.11 Å². The summed E-state index contributed by atoms with van der Waals surface area (Å²) < 4.78 is 7.38. The molecule has 0 radical (unpaired) electrons. The highest BCUT2D eigenvalue weighted by Crippen LogP contribution is 2.29. The lowest BCUT2D eigenvalue weighted by Crippen LogP contribution is -2.43. The van der Waals surface area contributed by atoms with Crippen LogP contribution in [0.1, 0.15) is 48.6 Å². The summed E-state index contributed by atoms with van der Waals surface area (Å²) in [6, 6.07) is 9.89. The molecule has 29 heavy (non-hydrogen) atoms. The Hall–Kier alpha value is -2.41.